The molecule has 0 spiro atoms. The molecule has 18 heavy (non-hydrogen) atoms. The first-order valence-electron chi connectivity index (χ1n) is 6.72. The Labute approximate surface area is 109 Å². The fraction of sp³-hybridized carbons (Fsp3) is 0.533. The molecule has 1 aliphatic rings. The van der Waals surface area contributed by atoms with Crippen LogP contribution in [-0.2, 0) is 4.79 Å². The number of benzene rings is 1. The van der Waals surface area contributed by atoms with Crippen molar-refractivity contribution in [2.24, 2.45) is 5.92 Å². The fourth-order valence-corrected chi connectivity index (χ4v) is 2.21. The predicted molar refractivity (Wildman–Crippen MR) is 74.9 cm³/mol. The minimum Gasteiger partial charge on any atom is -0.369 e. The van der Waals surface area contributed by atoms with Crippen molar-refractivity contribution in [1.29, 1.82) is 0 Å². The smallest absolute Gasteiger partial charge is 0.149 e. The summed E-state index contributed by atoms with van der Waals surface area (Å²) >= 11 is 0. The van der Waals surface area contributed by atoms with Crippen LogP contribution in [0.3, 0.4) is 0 Å². The number of para-hydroxylation sites is 1. The standard InChI is InChI=1S/C15H22N2O/c1-13(2)15(18)12-16-8-10-17(11-9-16)14-6-4-3-5-7-14/h3-7,13H,8-12H2,1-2H3. The van der Waals surface area contributed by atoms with Crippen LogP contribution < -0.4 is 4.90 Å². The van der Waals surface area contributed by atoms with Gasteiger partial charge in [0.15, 0.2) is 0 Å². The van der Waals surface area contributed by atoms with Crippen molar-refractivity contribution in [1.82, 2.24) is 4.90 Å². The van der Waals surface area contributed by atoms with Gasteiger partial charge in [-0.3, -0.25) is 9.69 Å². The minimum absolute atomic E-state index is 0.150. The summed E-state index contributed by atoms with van der Waals surface area (Å²) < 4.78 is 0. The Bertz CT molecular complexity index is 381. The molecule has 0 amide bonds. The van der Waals surface area contributed by atoms with Crippen LogP contribution in [0, 0.1) is 5.92 Å². The van der Waals surface area contributed by atoms with Gasteiger partial charge >= 0.3 is 0 Å². The molecule has 0 radical (unpaired) electrons. The topological polar surface area (TPSA) is 23.6 Å². The first-order valence-corrected chi connectivity index (χ1v) is 6.72. The molecule has 0 aromatic heterocycles. The van der Waals surface area contributed by atoms with Crippen molar-refractivity contribution in [3.8, 4) is 0 Å². The Morgan fingerprint density at radius 2 is 1.72 bits per heavy atom. The molecular weight excluding hydrogens is 224 g/mol. The number of nitrogens with zero attached hydrogens (tertiary/aromatic N) is 2. The van der Waals surface area contributed by atoms with Gasteiger partial charge in [0.2, 0.25) is 0 Å². The molecule has 1 fully saturated rings. The Morgan fingerprint density at radius 1 is 1.11 bits per heavy atom. The normalized spacial score (nSPS) is 17.2. The number of anilines is 1. The quantitative estimate of drug-likeness (QED) is 0.812. The molecule has 3 heteroatoms. The van der Waals surface area contributed by atoms with Crippen LogP contribution in [0.1, 0.15) is 13.8 Å². The van der Waals surface area contributed by atoms with E-state index in [0.717, 1.165) is 26.2 Å². The Balaban J connectivity index is 1.83. The summed E-state index contributed by atoms with van der Waals surface area (Å²) in [5.41, 5.74) is 1.28. The van der Waals surface area contributed by atoms with Crippen LogP contribution in [0.2, 0.25) is 0 Å². The summed E-state index contributed by atoms with van der Waals surface area (Å²) in [5, 5.41) is 0. The summed E-state index contributed by atoms with van der Waals surface area (Å²) in [4.78, 5) is 16.4. The lowest BCUT2D eigenvalue weighted by Crippen LogP contribution is -2.48. The van der Waals surface area contributed by atoms with Crippen LogP contribution in [0.5, 0.6) is 0 Å². The lowest BCUT2D eigenvalue weighted by atomic mass is 10.1. The van der Waals surface area contributed by atoms with E-state index in [1.54, 1.807) is 0 Å². The molecule has 2 rings (SSSR count). The number of hydrogen-bond acceptors (Lipinski definition) is 3. The zero-order chi connectivity index (χ0) is 13.0. The summed E-state index contributed by atoms with van der Waals surface area (Å²) in [7, 11) is 0. The molecule has 0 atom stereocenters. The first-order chi connectivity index (χ1) is 8.66. The summed E-state index contributed by atoms with van der Waals surface area (Å²) in [5.74, 6) is 0.500. The third kappa shape index (κ3) is 3.33. The first kappa shape index (κ1) is 13.1. The van der Waals surface area contributed by atoms with E-state index >= 15 is 0 Å². The maximum absolute atomic E-state index is 11.7. The number of carbonyl (C=O) groups is 1. The molecular formula is C15H22N2O. The van der Waals surface area contributed by atoms with Crippen molar-refractivity contribution >= 4 is 11.5 Å². The van der Waals surface area contributed by atoms with Crippen LogP contribution in [0.4, 0.5) is 5.69 Å². The molecule has 98 valence electrons. The molecule has 0 bridgehead atoms. The van der Waals surface area contributed by atoms with Gasteiger partial charge in [-0.05, 0) is 12.1 Å². The minimum atomic E-state index is 0.150. The van der Waals surface area contributed by atoms with Crippen molar-refractivity contribution in [3.05, 3.63) is 30.3 Å². The largest absolute Gasteiger partial charge is 0.369 e. The molecule has 1 aliphatic heterocycles. The van der Waals surface area contributed by atoms with Gasteiger partial charge in [0.25, 0.3) is 0 Å². The van der Waals surface area contributed by atoms with E-state index in [0.29, 0.717) is 12.3 Å². The van der Waals surface area contributed by atoms with E-state index in [4.69, 9.17) is 0 Å². The van der Waals surface area contributed by atoms with Gasteiger partial charge in [-0.2, -0.15) is 0 Å². The maximum atomic E-state index is 11.7. The summed E-state index contributed by atoms with van der Waals surface area (Å²) in [6, 6.07) is 10.5. The molecule has 0 saturated carbocycles. The van der Waals surface area contributed by atoms with E-state index in [2.05, 4.69) is 34.1 Å². The SMILES string of the molecule is CC(C)C(=O)CN1CCN(c2ccccc2)CC1. The predicted octanol–water partition coefficient (Wildman–Crippen LogP) is 2.03. The Kier molecular flexibility index (Phi) is 4.37. The van der Waals surface area contributed by atoms with Gasteiger partial charge in [0, 0.05) is 37.8 Å². The van der Waals surface area contributed by atoms with E-state index in [1.807, 2.05) is 19.9 Å². The van der Waals surface area contributed by atoms with Crippen LogP contribution in [0.25, 0.3) is 0 Å². The molecule has 3 nitrogen and oxygen atoms in total. The highest BCUT2D eigenvalue weighted by Gasteiger charge is 2.19. The van der Waals surface area contributed by atoms with Gasteiger partial charge < -0.3 is 4.90 Å². The number of hydrogen-bond donors (Lipinski definition) is 0. The highest BCUT2D eigenvalue weighted by atomic mass is 16.1. The second-order valence-corrected chi connectivity index (χ2v) is 5.22. The highest BCUT2D eigenvalue weighted by molar-refractivity contribution is 5.82. The average molecular weight is 246 g/mol. The third-order valence-corrected chi connectivity index (χ3v) is 3.52. The third-order valence-electron chi connectivity index (χ3n) is 3.52. The number of Topliss-reactive ketones (excluding diaryl/α,β-unsaturated/α-hetero) is 1. The zero-order valence-electron chi connectivity index (χ0n) is 11.3. The molecule has 1 aromatic carbocycles. The molecule has 0 N–H and O–H groups in total. The average Bonchev–Trinajstić information content (AvgIpc) is 2.40. The number of ketones is 1. The molecule has 1 aromatic rings. The summed E-state index contributed by atoms with van der Waals surface area (Å²) in [6.07, 6.45) is 0. The lowest BCUT2D eigenvalue weighted by Gasteiger charge is -2.36. The monoisotopic (exact) mass is 246 g/mol. The van der Waals surface area contributed by atoms with E-state index < -0.39 is 0 Å². The lowest BCUT2D eigenvalue weighted by molar-refractivity contribution is -0.123. The van der Waals surface area contributed by atoms with E-state index in [-0.39, 0.29) is 5.92 Å². The van der Waals surface area contributed by atoms with Crippen LogP contribution >= 0.6 is 0 Å². The highest BCUT2D eigenvalue weighted by Crippen LogP contribution is 2.15. The van der Waals surface area contributed by atoms with Crippen molar-refractivity contribution in [3.63, 3.8) is 0 Å². The van der Waals surface area contributed by atoms with E-state index in [9.17, 15) is 4.79 Å². The number of piperazine rings is 1. The maximum Gasteiger partial charge on any atom is 0.149 e. The van der Waals surface area contributed by atoms with Gasteiger partial charge in [0.05, 0.1) is 6.54 Å². The second kappa shape index (κ2) is 6.01. The van der Waals surface area contributed by atoms with Gasteiger partial charge in [0.1, 0.15) is 5.78 Å². The summed E-state index contributed by atoms with van der Waals surface area (Å²) in [6.45, 7) is 8.54. The molecule has 1 heterocycles. The van der Waals surface area contributed by atoms with Crippen LogP contribution in [-0.4, -0.2) is 43.4 Å². The molecule has 0 unspecified atom stereocenters. The number of rotatable bonds is 4. The Morgan fingerprint density at radius 3 is 2.28 bits per heavy atom. The van der Waals surface area contributed by atoms with Crippen molar-refractivity contribution < 1.29 is 4.79 Å². The zero-order valence-corrected chi connectivity index (χ0v) is 11.3. The van der Waals surface area contributed by atoms with Crippen molar-refractivity contribution in [2.75, 3.05) is 37.6 Å². The van der Waals surface area contributed by atoms with E-state index in [1.165, 1.54) is 5.69 Å². The van der Waals surface area contributed by atoms with Gasteiger partial charge in [-0.15, -0.1) is 0 Å². The van der Waals surface area contributed by atoms with Crippen molar-refractivity contribution in [2.45, 2.75) is 13.8 Å². The molecule has 1 saturated heterocycles. The fourth-order valence-electron chi connectivity index (χ4n) is 2.21. The Hall–Kier alpha value is -1.35. The van der Waals surface area contributed by atoms with Gasteiger partial charge in [-0.1, -0.05) is 32.0 Å². The van der Waals surface area contributed by atoms with Gasteiger partial charge in [-0.25, -0.2) is 0 Å². The van der Waals surface area contributed by atoms with Crippen LogP contribution in [0.15, 0.2) is 30.3 Å². The number of carbonyl (C=O) groups excluding carboxylic acids is 1. The second-order valence-electron chi connectivity index (χ2n) is 5.22. The molecule has 0 aliphatic carbocycles.